The van der Waals surface area contributed by atoms with E-state index in [9.17, 15) is 4.79 Å². The fraction of sp³-hybridized carbons (Fsp3) is 0.444. The molecule has 0 spiro atoms. The predicted molar refractivity (Wildman–Crippen MR) is 99.7 cm³/mol. The number of fused-ring (bicyclic) bond motifs is 1. The Morgan fingerprint density at radius 2 is 1.92 bits per heavy atom. The first kappa shape index (κ1) is 17.7. The maximum atomic E-state index is 12.8. The molecule has 1 N–H and O–H groups in total. The van der Waals surface area contributed by atoms with Crippen molar-refractivity contribution in [2.75, 3.05) is 19.5 Å². The second-order valence-corrected chi connectivity index (χ2v) is 7.86. The minimum absolute atomic E-state index is 0.189. The fourth-order valence-corrected chi connectivity index (χ4v) is 3.82. The molecule has 0 unspecified atom stereocenters. The quantitative estimate of drug-likeness (QED) is 0.900. The summed E-state index contributed by atoms with van der Waals surface area (Å²) < 4.78 is 12.4. The molecule has 3 rings (SSSR count). The summed E-state index contributed by atoms with van der Waals surface area (Å²) in [6.07, 6.45) is 0. The number of amides is 1. The van der Waals surface area contributed by atoms with E-state index < -0.39 is 0 Å². The van der Waals surface area contributed by atoms with Crippen LogP contribution in [0.3, 0.4) is 0 Å². The molecule has 2 heterocycles. The Bertz CT molecular complexity index is 809. The van der Waals surface area contributed by atoms with Gasteiger partial charge in [0.05, 0.1) is 25.5 Å². The van der Waals surface area contributed by atoms with Gasteiger partial charge >= 0.3 is 0 Å². The molecular weight excluding hydrogens is 338 g/mol. The number of nitrogens with one attached hydrogen (secondary N) is 1. The average molecular weight is 361 g/mol. The predicted octanol–water partition coefficient (Wildman–Crippen LogP) is 3.65. The molecule has 0 saturated carbocycles. The van der Waals surface area contributed by atoms with Crippen LogP contribution in [-0.4, -0.2) is 29.9 Å². The van der Waals surface area contributed by atoms with Crippen molar-refractivity contribution in [3.05, 3.63) is 35.0 Å². The normalized spacial score (nSPS) is 13.5. The van der Waals surface area contributed by atoms with E-state index in [4.69, 9.17) is 14.6 Å². The van der Waals surface area contributed by atoms with Gasteiger partial charge in [0.15, 0.2) is 11.5 Å². The molecule has 0 saturated heterocycles. The van der Waals surface area contributed by atoms with Crippen molar-refractivity contribution in [3.63, 3.8) is 0 Å². The van der Waals surface area contributed by atoms with E-state index in [0.717, 1.165) is 28.6 Å². The van der Waals surface area contributed by atoms with E-state index in [1.165, 1.54) is 0 Å². The van der Waals surface area contributed by atoms with Crippen LogP contribution in [0.25, 0.3) is 0 Å². The number of ether oxygens (including phenoxy) is 2. The molecule has 1 amide bonds. The summed E-state index contributed by atoms with van der Waals surface area (Å²) >= 11 is 1.81. The van der Waals surface area contributed by atoms with Gasteiger partial charge in [-0.25, -0.2) is 4.68 Å². The van der Waals surface area contributed by atoms with Gasteiger partial charge in [-0.2, -0.15) is 16.9 Å². The zero-order chi connectivity index (χ0) is 18.2. The summed E-state index contributed by atoms with van der Waals surface area (Å²) in [5, 5.41) is 7.76. The van der Waals surface area contributed by atoms with Gasteiger partial charge in [-0.3, -0.25) is 4.79 Å². The van der Waals surface area contributed by atoms with E-state index in [1.54, 1.807) is 32.4 Å². The van der Waals surface area contributed by atoms with Crippen LogP contribution in [0.15, 0.2) is 18.2 Å². The standard InChI is InChI=1S/C18H23N3O3S/c1-18(2,3)21-16(12-9-25-10-13(12)20-21)19-17(22)11-6-7-14(23-4)15(8-11)24-5/h6-8H,9-10H2,1-5H3,(H,19,22). The molecule has 0 radical (unpaired) electrons. The van der Waals surface area contributed by atoms with Crippen LogP contribution in [-0.2, 0) is 17.0 Å². The molecule has 1 aromatic carbocycles. The largest absolute Gasteiger partial charge is 0.493 e. The second kappa shape index (κ2) is 6.63. The Hall–Kier alpha value is -2.15. The highest BCUT2D eigenvalue weighted by Gasteiger charge is 2.29. The molecule has 25 heavy (non-hydrogen) atoms. The number of nitrogens with zero attached hydrogens (tertiary/aromatic N) is 2. The van der Waals surface area contributed by atoms with E-state index in [2.05, 4.69) is 26.1 Å². The average Bonchev–Trinajstić information content (AvgIpc) is 3.16. The molecule has 0 aliphatic carbocycles. The van der Waals surface area contributed by atoms with Crippen molar-refractivity contribution in [2.24, 2.45) is 0 Å². The molecule has 134 valence electrons. The first-order valence-electron chi connectivity index (χ1n) is 8.07. The minimum Gasteiger partial charge on any atom is -0.493 e. The van der Waals surface area contributed by atoms with Gasteiger partial charge < -0.3 is 14.8 Å². The fourth-order valence-electron chi connectivity index (χ4n) is 2.78. The zero-order valence-corrected chi connectivity index (χ0v) is 16.0. The molecule has 0 atom stereocenters. The number of thioether (sulfide) groups is 1. The molecular formula is C18H23N3O3S. The monoisotopic (exact) mass is 361 g/mol. The Labute approximate surface area is 151 Å². The van der Waals surface area contributed by atoms with E-state index in [1.807, 2.05) is 16.4 Å². The van der Waals surface area contributed by atoms with Crippen LogP contribution >= 0.6 is 11.8 Å². The topological polar surface area (TPSA) is 65.4 Å². The number of carbonyl (C=O) groups excluding carboxylic acids is 1. The molecule has 6 nitrogen and oxygen atoms in total. The van der Waals surface area contributed by atoms with E-state index >= 15 is 0 Å². The van der Waals surface area contributed by atoms with Gasteiger partial charge in [0.25, 0.3) is 5.91 Å². The number of hydrogen-bond acceptors (Lipinski definition) is 5. The first-order valence-corrected chi connectivity index (χ1v) is 9.23. The highest BCUT2D eigenvalue weighted by molar-refractivity contribution is 7.98. The summed E-state index contributed by atoms with van der Waals surface area (Å²) in [6, 6.07) is 5.14. The van der Waals surface area contributed by atoms with Crippen molar-refractivity contribution in [1.29, 1.82) is 0 Å². The zero-order valence-electron chi connectivity index (χ0n) is 15.2. The van der Waals surface area contributed by atoms with Crippen LogP contribution in [0.1, 0.15) is 42.4 Å². The molecule has 0 fully saturated rings. The number of carbonyl (C=O) groups is 1. The molecule has 1 aliphatic rings. The Kier molecular flexibility index (Phi) is 4.69. The van der Waals surface area contributed by atoms with Gasteiger partial charge in [0.1, 0.15) is 5.82 Å². The highest BCUT2D eigenvalue weighted by Crippen LogP contribution is 2.37. The Morgan fingerprint density at radius 1 is 1.20 bits per heavy atom. The minimum atomic E-state index is -0.213. The second-order valence-electron chi connectivity index (χ2n) is 6.87. The van der Waals surface area contributed by atoms with Crippen molar-refractivity contribution in [2.45, 2.75) is 37.8 Å². The molecule has 0 bridgehead atoms. The molecule has 1 aromatic heterocycles. The van der Waals surface area contributed by atoms with E-state index in [-0.39, 0.29) is 11.4 Å². The summed E-state index contributed by atoms with van der Waals surface area (Å²) in [5.41, 5.74) is 2.48. The maximum Gasteiger partial charge on any atom is 0.256 e. The number of methoxy groups -OCH3 is 2. The van der Waals surface area contributed by atoms with Crippen LogP contribution in [0, 0.1) is 0 Å². The number of benzene rings is 1. The third kappa shape index (κ3) is 3.33. The molecule has 2 aromatic rings. The Balaban J connectivity index is 1.94. The lowest BCUT2D eigenvalue weighted by Crippen LogP contribution is -2.27. The lowest BCUT2D eigenvalue weighted by atomic mass is 10.1. The first-order chi connectivity index (χ1) is 11.8. The van der Waals surface area contributed by atoms with Crippen LogP contribution in [0.4, 0.5) is 5.82 Å². The highest BCUT2D eigenvalue weighted by atomic mass is 32.2. The van der Waals surface area contributed by atoms with Gasteiger partial charge in [-0.1, -0.05) is 0 Å². The van der Waals surface area contributed by atoms with Gasteiger partial charge in [0.2, 0.25) is 0 Å². The summed E-state index contributed by atoms with van der Waals surface area (Å²) in [4.78, 5) is 12.8. The summed E-state index contributed by atoms with van der Waals surface area (Å²) in [5.74, 6) is 3.47. The van der Waals surface area contributed by atoms with Crippen LogP contribution < -0.4 is 14.8 Å². The van der Waals surface area contributed by atoms with Crippen LogP contribution in [0.5, 0.6) is 11.5 Å². The number of anilines is 1. The smallest absolute Gasteiger partial charge is 0.256 e. The maximum absolute atomic E-state index is 12.8. The molecule has 1 aliphatic heterocycles. The van der Waals surface area contributed by atoms with Crippen molar-refractivity contribution < 1.29 is 14.3 Å². The SMILES string of the molecule is COc1ccc(C(=O)Nc2c3c(nn2C(C)(C)C)CSC3)cc1OC. The van der Waals surface area contributed by atoms with E-state index in [0.29, 0.717) is 17.1 Å². The van der Waals surface area contributed by atoms with Gasteiger partial charge in [-0.05, 0) is 39.0 Å². The molecule has 7 heteroatoms. The van der Waals surface area contributed by atoms with Crippen LogP contribution in [0.2, 0.25) is 0 Å². The van der Waals surface area contributed by atoms with Crippen molar-refractivity contribution in [1.82, 2.24) is 9.78 Å². The Morgan fingerprint density at radius 3 is 2.56 bits per heavy atom. The lowest BCUT2D eigenvalue weighted by molar-refractivity contribution is 0.102. The number of rotatable bonds is 4. The van der Waals surface area contributed by atoms with Crippen molar-refractivity contribution >= 4 is 23.5 Å². The third-order valence-electron chi connectivity index (χ3n) is 4.06. The third-order valence-corrected chi connectivity index (χ3v) is 5.04. The lowest BCUT2D eigenvalue weighted by Gasteiger charge is -2.23. The summed E-state index contributed by atoms with van der Waals surface area (Å²) in [7, 11) is 3.12. The van der Waals surface area contributed by atoms with Gasteiger partial charge in [0, 0.05) is 22.6 Å². The summed E-state index contributed by atoms with van der Waals surface area (Å²) in [6.45, 7) is 6.23. The van der Waals surface area contributed by atoms with Gasteiger partial charge in [-0.15, -0.1) is 0 Å². The van der Waals surface area contributed by atoms with Crippen molar-refractivity contribution in [3.8, 4) is 11.5 Å². The number of hydrogen-bond donors (Lipinski definition) is 1. The number of aromatic nitrogens is 2.